The van der Waals surface area contributed by atoms with Gasteiger partial charge in [0.05, 0.1) is 17.3 Å². The van der Waals surface area contributed by atoms with Gasteiger partial charge in [0.25, 0.3) is 0 Å². The molecule has 0 aliphatic rings. The van der Waals surface area contributed by atoms with E-state index in [0.29, 0.717) is 27.4 Å². The molecule has 3 aromatic rings. The van der Waals surface area contributed by atoms with Crippen LogP contribution in [-0.2, 0) is 17.1 Å². The van der Waals surface area contributed by atoms with E-state index in [1.54, 1.807) is 23.9 Å². The van der Waals surface area contributed by atoms with Crippen molar-refractivity contribution in [1.82, 2.24) is 20.1 Å². The summed E-state index contributed by atoms with van der Waals surface area (Å²) >= 11 is 14.2. The van der Waals surface area contributed by atoms with Crippen molar-refractivity contribution in [3.05, 3.63) is 70.0 Å². The number of nitrogens with one attached hydrogen (secondary N) is 1. The first kappa shape index (κ1) is 28.5. The highest BCUT2D eigenvalue weighted by Crippen LogP contribution is 2.30. The number of aromatic nitrogens is 3. The minimum absolute atomic E-state index is 0.0354. The summed E-state index contributed by atoms with van der Waals surface area (Å²) in [5.74, 6) is 1.41. The number of unbranched alkanes of at least 4 members (excludes halogenated alkanes) is 8. The van der Waals surface area contributed by atoms with Gasteiger partial charge in [0.1, 0.15) is 0 Å². The van der Waals surface area contributed by atoms with Crippen LogP contribution in [0.15, 0.2) is 53.7 Å². The van der Waals surface area contributed by atoms with Crippen LogP contribution >= 0.6 is 35.0 Å². The maximum absolute atomic E-state index is 12.5. The van der Waals surface area contributed by atoms with Gasteiger partial charge in [-0.1, -0.05) is 124 Å². The van der Waals surface area contributed by atoms with E-state index in [-0.39, 0.29) is 12.5 Å². The molecule has 0 saturated heterocycles. The fraction of sp³-hybridized carbons (Fsp3) is 0.464. The second-order valence-electron chi connectivity index (χ2n) is 8.96. The average Bonchev–Trinajstić information content (AvgIpc) is 3.28. The van der Waals surface area contributed by atoms with Crippen LogP contribution in [0.2, 0.25) is 10.0 Å². The van der Waals surface area contributed by atoms with Crippen molar-refractivity contribution in [3.8, 4) is 5.69 Å². The van der Waals surface area contributed by atoms with E-state index in [0.717, 1.165) is 24.3 Å². The molecule has 0 unspecified atom stereocenters. The topological polar surface area (TPSA) is 59.8 Å². The van der Waals surface area contributed by atoms with Gasteiger partial charge in [-0.15, -0.1) is 10.2 Å². The summed E-state index contributed by atoms with van der Waals surface area (Å²) in [7, 11) is 0. The maximum atomic E-state index is 12.5. The number of amides is 1. The molecule has 0 radical (unpaired) electrons. The van der Waals surface area contributed by atoms with Crippen molar-refractivity contribution in [2.75, 3.05) is 0 Å². The van der Waals surface area contributed by atoms with Crippen LogP contribution in [0.5, 0.6) is 0 Å². The predicted octanol–water partition coefficient (Wildman–Crippen LogP) is 8.40. The number of carbonyl (C=O) groups excluding carboxylic acids is 1. The summed E-state index contributed by atoms with van der Waals surface area (Å²) in [6.07, 6.45) is 11.6. The Balaban J connectivity index is 1.55. The van der Waals surface area contributed by atoms with Gasteiger partial charge < -0.3 is 5.32 Å². The molecule has 1 aromatic heterocycles. The zero-order valence-corrected chi connectivity index (χ0v) is 23.3. The molecule has 0 aliphatic carbocycles. The first-order valence-electron chi connectivity index (χ1n) is 12.9. The summed E-state index contributed by atoms with van der Waals surface area (Å²) < 4.78 is 1.91. The number of hydrogen-bond donors (Lipinski definition) is 1. The third-order valence-electron chi connectivity index (χ3n) is 6.01. The van der Waals surface area contributed by atoms with E-state index >= 15 is 0 Å². The van der Waals surface area contributed by atoms with Crippen molar-refractivity contribution in [2.24, 2.45) is 0 Å². The van der Waals surface area contributed by atoms with Crippen LogP contribution in [0.25, 0.3) is 5.69 Å². The van der Waals surface area contributed by atoms with Gasteiger partial charge in [0, 0.05) is 17.2 Å². The Kier molecular flexibility index (Phi) is 12.7. The van der Waals surface area contributed by atoms with Crippen LogP contribution in [0.1, 0.15) is 82.5 Å². The van der Waals surface area contributed by atoms with E-state index in [1.807, 2.05) is 28.8 Å². The quantitative estimate of drug-likeness (QED) is 0.145. The van der Waals surface area contributed by atoms with Crippen LogP contribution < -0.4 is 5.32 Å². The standard InChI is InChI=1S/C28H36Cl2N4OS/c1-2-3-4-5-6-7-8-9-13-16-27(35)31-20-26-32-33-28(36-21-22-14-11-10-12-15-22)34(26)25-18-17-23(29)19-24(25)30/h10-12,14-15,17-19H,2-9,13,16,20-21H2,1H3,(H,31,35). The lowest BCUT2D eigenvalue weighted by Crippen LogP contribution is -2.24. The second kappa shape index (κ2) is 16.0. The molecule has 194 valence electrons. The molecule has 0 atom stereocenters. The molecular weight excluding hydrogens is 511 g/mol. The Morgan fingerprint density at radius 3 is 2.31 bits per heavy atom. The number of hydrogen-bond acceptors (Lipinski definition) is 4. The minimum atomic E-state index is 0.0354. The van der Waals surface area contributed by atoms with Gasteiger partial charge in [-0.05, 0) is 30.2 Å². The number of thioether (sulfide) groups is 1. The molecule has 0 spiro atoms. The van der Waals surface area contributed by atoms with Gasteiger partial charge in [0.15, 0.2) is 11.0 Å². The fourth-order valence-corrected chi connectivity index (χ4v) is 5.41. The van der Waals surface area contributed by atoms with Crippen molar-refractivity contribution >= 4 is 40.9 Å². The normalized spacial score (nSPS) is 11.1. The maximum Gasteiger partial charge on any atom is 0.220 e. The molecule has 8 heteroatoms. The highest BCUT2D eigenvalue weighted by molar-refractivity contribution is 7.98. The van der Waals surface area contributed by atoms with Crippen LogP contribution in [0.3, 0.4) is 0 Å². The van der Waals surface area contributed by atoms with Crippen LogP contribution in [-0.4, -0.2) is 20.7 Å². The van der Waals surface area contributed by atoms with Crippen molar-refractivity contribution in [2.45, 2.75) is 88.6 Å². The van der Waals surface area contributed by atoms with Crippen LogP contribution in [0, 0.1) is 0 Å². The highest BCUT2D eigenvalue weighted by atomic mass is 35.5. The smallest absolute Gasteiger partial charge is 0.220 e. The molecule has 0 bridgehead atoms. The molecule has 2 aromatic carbocycles. The zero-order chi connectivity index (χ0) is 25.6. The number of nitrogens with zero attached hydrogens (tertiary/aromatic N) is 3. The molecule has 3 rings (SSSR count). The van der Waals surface area contributed by atoms with Crippen LogP contribution in [0.4, 0.5) is 0 Å². The van der Waals surface area contributed by atoms with Crippen molar-refractivity contribution < 1.29 is 4.79 Å². The Bertz CT molecular complexity index is 1070. The Labute approximate surface area is 229 Å². The highest BCUT2D eigenvalue weighted by Gasteiger charge is 2.18. The van der Waals surface area contributed by atoms with Gasteiger partial charge in [-0.3, -0.25) is 9.36 Å². The van der Waals surface area contributed by atoms with E-state index < -0.39 is 0 Å². The average molecular weight is 548 g/mol. The minimum Gasteiger partial charge on any atom is -0.349 e. The zero-order valence-electron chi connectivity index (χ0n) is 21.0. The first-order chi connectivity index (χ1) is 17.6. The Hall–Kier alpha value is -2.02. The summed E-state index contributed by atoms with van der Waals surface area (Å²) in [5.41, 5.74) is 1.93. The molecular formula is C28H36Cl2N4OS. The lowest BCUT2D eigenvalue weighted by atomic mass is 10.1. The van der Waals surface area contributed by atoms with E-state index in [2.05, 4.69) is 34.6 Å². The number of rotatable bonds is 16. The first-order valence-corrected chi connectivity index (χ1v) is 14.7. The third kappa shape index (κ3) is 9.45. The third-order valence-corrected chi connectivity index (χ3v) is 7.55. The molecule has 5 nitrogen and oxygen atoms in total. The summed E-state index contributed by atoms with van der Waals surface area (Å²) in [5, 5.41) is 13.6. The molecule has 0 aliphatic heterocycles. The summed E-state index contributed by atoms with van der Waals surface area (Å²) in [6, 6.07) is 15.5. The summed E-state index contributed by atoms with van der Waals surface area (Å²) in [6.45, 7) is 2.53. The lowest BCUT2D eigenvalue weighted by molar-refractivity contribution is -0.121. The molecule has 1 N–H and O–H groups in total. The number of benzene rings is 2. The molecule has 1 amide bonds. The van der Waals surface area contributed by atoms with E-state index in [1.165, 1.54) is 50.5 Å². The Morgan fingerprint density at radius 2 is 1.61 bits per heavy atom. The predicted molar refractivity (Wildman–Crippen MR) is 151 cm³/mol. The Morgan fingerprint density at radius 1 is 0.917 bits per heavy atom. The molecule has 0 fully saturated rings. The van der Waals surface area contributed by atoms with Gasteiger partial charge in [0.2, 0.25) is 5.91 Å². The monoisotopic (exact) mass is 546 g/mol. The second-order valence-corrected chi connectivity index (χ2v) is 10.7. The van der Waals surface area contributed by atoms with Crippen molar-refractivity contribution in [3.63, 3.8) is 0 Å². The van der Waals surface area contributed by atoms with E-state index in [4.69, 9.17) is 23.2 Å². The van der Waals surface area contributed by atoms with Crippen molar-refractivity contribution in [1.29, 1.82) is 0 Å². The lowest BCUT2D eigenvalue weighted by Gasteiger charge is -2.13. The molecule has 36 heavy (non-hydrogen) atoms. The largest absolute Gasteiger partial charge is 0.349 e. The van der Waals surface area contributed by atoms with E-state index in [9.17, 15) is 4.79 Å². The number of carbonyl (C=O) groups is 1. The SMILES string of the molecule is CCCCCCCCCCCC(=O)NCc1nnc(SCc2ccccc2)n1-c1ccc(Cl)cc1Cl. The number of halogens is 2. The van der Waals surface area contributed by atoms with Gasteiger partial charge in [-0.25, -0.2) is 0 Å². The van der Waals surface area contributed by atoms with Gasteiger partial charge >= 0.3 is 0 Å². The fourth-order valence-electron chi connectivity index (χ4n) is 4.00. The molecule has 1 heterocycles. The van der Waals surface area contributed by atoms with Gasteiger partial charge in [-0.2, -0.15) is 0 Å². The molecule has 0 saturated carbocycles. The summed E-state index contributed by atoms with van der Waals surface area (Å²) in [4.78, 5) is 12.5.